The van der Waals surface area contributed by atoms with Gasteiger partial charge in [0.05, 0.1) is 11.6 Å². The van der Waals surface area contributed by atoms with E-state index in [2.05, 4.69) is 30.2 Å². The van der Waals surface area contributed by atoms with Crippen LogP contribution < -0.4 is 5.32 Å². The number of pyridine rings is 1. The Labute approximate surface area is 114 Å². The molecule has 0 saturated heterocycles. The van der Waals surface area contributed by atoms with Gasteiger partial charge in [-0.25, -0.2) is 0 Å². The fourth-order valence-electron chi connectivity index (χ4n) is 2.20. The predicted octanol–water partition coefficient (Wildman–Crippen LogP) is 2.38. The molecular weight excluding hydrogens is 236 g/mol. The van der Waals surface area contributed by atoms with Gasteiger partial charge in [0.1, 0.15) is 0 Å². The maximum Gasteiger partial charge on any atom is 0.0705 e. The zero-order valence-corrected chi connectivity index (χ0v) is 11.6. The molecule has 0 saturated carbocycles. The van der Waals surface area contributed by atoms with Gasteiger partial charge in [0, 0.05) is 24.5 Å². The van der Waals surface area contributed by atoms with Gasteiger partial charge in [-0.2, -0.15) is 0 Å². The third kappa shape index (κ3) is 4.01. The average molecular weight is 258 g/mol. The molecule has 1 atom stereocenters. The summed E-state index contributed by atoms with van der Waals surface area (Å²) >= 11 is 0. The maximum atomic E-state index is 10.1. The van der Waals surface area contributed by atoms with Crippen LogP contribution in [-0.2, 0) is 6.42 Å². The number of benzene rings is 1. The van der Waals surface area contributed by atoms with Crippen molar-refractivity contribution in [2.45, 2.75) is 26.4 Å². The molecule has 102 valence electrons. The molecule has 3 heteroatoms. The standard InChI is InChI=1S/C16H22N2O/c1-12(2)10-17-11-14(19)9-13-7-8-18-16-6-4-3-5-15(13)16/h3-8,12,14,17,19H,9-11H2,1-2H3. The Kier molecular flexibility index (Phi) is 4.88. The SMILES string of the molecule is CC(C)CNCC(O)Cc1ccnc2ccccc12. The molecule has 0 fully saturated rings. The first-order valence-electron chi connectivity index (χ1n) is 6.88. The molecule has 0 amide bonds. The van der Waals surface area contributed by atoms with Crippen LogP contribution in [0.25, 0.3) is 10.9 Å². The molecule has 2 N–H and O–H groups in total. The smallest absolute Gasteiger partial charge is 0.0705 e. The number of hydrogen-bond donors (Lipinski definition) is 2. The molecule has 0 aliphatic heterocycles. The molecule has 1 aromatic heterocycles. The Morgan fingerprint density at radius 3 is 2.74 bits per heavy atom. The van der Waals surface area contributed by atoms with Crippen molar-refractivity contribution < 1.29 is 5.11 Å². The quantitative estimate of drug-likeness (QED) is 0.836. The van der Waals surface area contributed by atoms with Gasteiger partial charge in [-0.05, 0) is 30.2 Å². The lowest BCUT2D eigenvalue weighted by atomic mass is 10.0. The van der Waals surface area contributed by atoms with E-state index in [4.69, 9.17) is 0 Å². The van der Waals surface area contributed by atoms with Gasteiger partial charge < -0.3 is 10.4 Å². The first kappa shape index (κ1) is 14.0. The van der Waals surface area contributed by atoms with Crippen molar-refractivity contribution in [3.8, 4) is 0 Å². The molecule has 0 aliphatic rings. The lowest BCUT2D eigenvalue weighted by Crippen LogP contribution is -2.30. The summed E-state index contributed by atoms with van der Waals surface area (Å²) in [5.41, 5.74) is 2.15. The van der Waals surface area contributed by atoms with Gasteiger partial charge >= 0.3 is 0 Å². The average Bonchev–Trinajstić information content (AvgIpc) is 2.39. The predicted molar refractivity (Wildman–Crippen MR) is 79.2 cm³/mol. The molecule has 0 spiro atoms. The van der Waals surface area contributed by atoms with Gasteiger partial charge in [0.2, 0.25) is 0 Å². The van der Waals surface area contributed by atoms with E-state index in [0.29, 0.717) is 18.9 Å². The molecule has 0 bridgehead atoms. The third-order valence-electron chi connectivity index (χ3n) is 3.13. The van der Waals surface area contributed by atoms with Crippen molar-refractivity contribution in [3.63, 3.8) is 0 Å². The summed E-state index contributed by atoms with van der Waals surface area (Å²) in [6.07, 6.45) is 2.12. The van der Waals surface area contributed by atoms with E-state index >= 15 is 0 Å². The Morgan fingerprint density at radius 2 is 1.95 bits per heavy atom. The molecule has 2 rings (SSSR count). The molecule has 1 unspecified atom stereocenters. The van der Waals surface area contributed by atoms with Crippen LogP contribution in [0.1, 0.15) is 19.4 Å². The second kappa shape index (κ2) is 6.64. The monoisotopic (exact) mass is 258 g/mol. The second-order valence-electron chi connectivity index (χ2n) is 5.40. The highest BCUT2D eigenvalue weighted by Crippen LogP contribution is 2.17. The van der Waals surface area contributed by atoms with Gasteiger partial charge in [0.15, 0.2) is 0 Å². The number of rotatable bonds is 6. The molecule has 1 heterocycles. The van der Waals surface area contributed by atoms with Crippen LogP contribution >= 0.6 is 0 Å². The van der Waals surface area contributed by atoms with Crippen LogP contribution in [0.5, 0.6) is 0 Å². The van der Waals surface area contributed by atoms with Gasteiger partial charge in [-0.3, -0.25) is 4.98 Å². The Balaban J connectivity index is 2.00. The first-order valence-corrected chi connectivity index (χ1v) is 6.88. The fourth-order valence-corrected chi connectivity index (χ4v) is 2.20. The Morgan fingerprint density at radius 1 is 1.16 bits per heavy atom. The summed E-state index contributed by atoms with van der Waals surface area (Å²) in [6.45, 7) is 5.90. The number of aromatic nitrogens is 1. The second-order valence-corrected chi connectivity index (χ2v) is 5.40. The number of nitrogens with one attached hydrogen (secondary N) is 1. The van der Waals surface area contributed by atoms with E-state index in [1.807, 2.05) is 30.5 Å². The van der Waals surface area contributed by atoms with Gasteiger partial charge in [-0.1, -0.05) is 32.0 Å². The van der Waals surface area contributed by atoms with Gasteiger partial charge in [0.25, 0.3) is 0 Å². The molecule has 1 aromatic carbocycles. The number of fused-ring (bicyclic) bond motifs is 1. The van der Waals surface area contributed by atoms with Crippen molar-refractivity contribution in [1.82, 2.24) is 10.3 Å². The number of para-hydroxylation sites is 1. The number of hydrogen-bond acceptors (Lipinski definition) is 3. The summed E-state index contributed by atoms with van der Waals surface area (Å²) in [5.74, 6) is 0.606. The van der Waals surface area contributed by atoms with Gasteiger partial charge in [-0.15, -0.1) is 0 Å². The maximum absolute atomic E-state index is 10.1. The number of nitrogens with zero attached hydrogens (tertiary/aromatic N) is 1. The van der Waals surface area contributed by atoms with Crippen molar-refractivity contribution in [2.24, 2.45) is 5.92 Å². The Bertz CT molecular complexity index is 520. The van der Waals surface area contributed by atoms with Crippen LogP contribution in [0.3, 0.4) is 0 Å². The van der Waals surface area contributed by atoms with Crippen LogP contribution in [-0.4, -0.2) is 29.3 Å². The largest absolute Gasteiger partial charge is 0.391 e. The molecule has 0 radical (unpaired) electrons. The van der Waals surface area contributed by atoms with Crippen molar-refractivity contribution in [1.29, 1.82) is 0 Å². The first-order chi connectivity index (χ1) is 9.16. The van der Waals surface area contributed by atoms with E-state index in [1.165, 1.54) is 0 Å². The topological polar surface area (TPSA) is 45.1 Å². The lowest BCUT2D eigenvalue weighted by Gasteiger charge is -2.14. The molecule has 0 aliphatic carbocycles. The summed E-state index contributed by atoms with van der Waals surface area (Å²) in [5, 5.41) is 14.5. The normalized spacial score (nSPS) is 13.1. The van der Waals surface area contributed by atoms with Crippen molar-refractivity contribution in [2.75, 3.05) is 13.1 Å². The molecule has 3 nitrogen and oxygen atoms in total. The molecular formula is C16H22N2O. The van der Waals surface area contributed by atoms with E-state index in [-0.39, 0.29) is 6.10 Å². The molecule has 19 heavy (non-hydrogen) atoms. The third-order valence-corrected chi connectivity index (χ3v) is 3.13. The van der Waals surface area contributed by atoms with E-state index < -0.39 is 0 Å². The van der Waals surface area contributed by atoms with Crippen molar-refractivity contribution >= 4 is 10.9 Å². The molecule has 2 aromatic rings. The summed E-state index contributed by atoms with van der Waals surface area (Å²) in [7, 11) is 0. The lowest BCUT2D eigenvalue weighted by molar-refractivity contribution is 0.171. The van der Waals surface area contributed by atoms with Crippen LogP contribution in [0.4, 0.5) is 0 Å². The zero-order chi connectivity index (χ0) is 13.7. The summed E-state index contributed by atoms with van der Waals surface area (Å²) in [6, 6.07) is 10.1. The van der Waals surface area contributed by atoms with Crippen LogP contribution in [0, 0.1) is 5.92 Å². The highest BCUT2D eigenvalue weighted by atomic mass is 16.3. The van der Waals surface area contributed by atoms with E-state index in [9.17, 15) is 5.11 Å². The highest BCUT2D eigenvalue weighted by Gasteiger charge is 2.08. The van der Waals surface area contributed by atoms with Crippen LogP contribution in [0.15, 0.2) is 36.5 Å². The van der Waals surface area contributed by atoms with Crippen LogP contribution in [0.2, 0.25) is 0 Å². The van der Waals surface area contributed by atoms with E-state index in [0.717, 1.165) is 23.0 Å². The highest BCUT2D eigenvalue weighted by molar-refractivity contribution is 5.81. The van der Waals surface area contributed by atoms with Crippen molar-refractivity contribution in [3.05, 3.63) is 42.1 Å². The summed E-state index contributed by atoms with van der Waals surface area (Å²) in [4.78, 5) is 4.34. The zero-order valence-electron chi connectivity index (χ0n) is 11.6. The number of aliphatic hydroxyl groups excluding tert-OH is 1. The Hall–Kier alpha value is -1.45. The van der Waals surface area contributed by atoms with E-state index in [1.54, 1.807) is 0 Å². The minimum Gasteiger partial charge on any atom is -0.391 e. The number of aliphatic hydroxyl groups is 1. The summed E-state index contributed by atoms with van der Waals surface area (Å²) < 4.78 is 0. The minimum atomic E-state index is -0.357. The fraction of sp³-hybridized carbons (Fsp3) is 0.438. The minimum absolute atomic E-state index is 0.357.